The predicted octanol–water partition coefficient (Wildman–Crippen LogP) is 3.45. The summed E-state index contributed by atoms with van der Waals surface area (Å²) >= 11 is 0. The van der Waals surface area contributed by atoms with Crippen LogP contribution in [0, 0.1) is 0 Å². The Hall–Kier alpha value is -2.50. The maximum absolute atomic E-state index is 6.10. The summed E-state index contributed by atoms with van der Waals surface area (Å²) in [7, 11) is 0. The van der Waals surface area contributed by atoms with Crippen molar-refractivity contribution in [3.63, 3.8) is 0 Å². The second-order valence-corrected chi connectivity index (χ2v) is 6.74. The normalized spacial score (nSPS) is 16.0. The van der Waals surface area contributed by atoms with Gasteiger partial charge < -0.3 is 4.74 Å². The van der Waals surface area contributed by atoms with E-state index in [9.17, 15) is 0 Å². The Morgan fingerprint density at radius 2 is 1.73 bits per heavy atom. The van der Waals surface area contributed by atoms with E-state index in [1.807, 2.05) is 16.8 Å². The van der Waals surface area contributed by atoms with Crippen LogP contribution in [0.15, 0.2) is 67.3 Å². The zero-order valence-electron chi connectivity index (χ0n) is 14.9. The van der Waals surface area contributed by atoms with E-state index in [2.05, 4.69) is 57.4 Å². The van der Waals surface area contributed by atoms with Crippen molar-refractivity contribution in [2.24, 2.45) is 0 Å². The van der Waals surface area contributed by atoms with E-state index < -0.39 is 0 Å². The minimum absolute atomic E-state index is 0.358. The molecular formula is C21H24N4O. The molecule has 2 heterocycles. The maximum Gasteiger partial charge on any atom is 0.138 e. The van der Waals surface area contributed by atoms with Crippen LogP contribution in [0.1, 0.15) is 24.0 Å². The van der Waals surface area contributed by atoms with Gasteiger partial charge in [0.25, 0.3) is 0 Å². The van der Waals surface area contributed by atoms with Crippen LogP contribution in [-0.4, -0.2) is 38.9 Å². The molecular weight excluding hydrogens is 324 g/mol. The van der Waals surface area contributed by atoms with E-state index in [1.54, 1.807) is 12.7 Å². The highest BCUT2D eigenvalue weighted by atomic mass is 16.5. The van der Waals surface area contributed by atoms with Gasteiger partial charge in [0.2, 0.25) is 0 Å². The minimum Gasteiger partial charge on any atom is -0.373 e. The molecule has 0 atom stereocenters. The summed E-state index contributed by atoms with van der Waals surface area (Å²) in [6, 6.07) is 18.8. The van der Waals surface area contributed by atoms with Gasteiger partial charge in [-0.2, -0.15) is 5.10 Å². The number of para-hydroxylation sites is 1. The van der Waals surface area contributed by atoms with E-state index in [4.69, 9.17) is 4.74 Å². The highest BCUT2D eigenvalue weighted by molar-refractivity contribution is 5.39. The van der Waals surface area contributed by atoms with Crippen LogP contribution in [0.25, 0.3) is 5.69 Å². The van der Waals surface area contributed by atoms with Crippen LogP contribution in [0.5, 0.6) is 0 Å². The van der Waals surface area contributed by atoms with Crippen molar-refractivity contribution in [1.29, 1.82) is 0 Å². The third-order valence-electron chi connectivity index (χ3n) is 4.91. The summed E-state index contributed by atoms with van der Waals surface area (Å²) in [5.74, 6) is 0. The average molecular weight is 348 g/mol. The number of rotatable bonds is 6. The van der Waals surface area contributed by atoms with Gasteiger partial charge in [-0.3, -0.25) is 4.90 Å². The van der Waals surface area contributed by atoms with Crippen LogP contribution in [0.4, 0.5) is 0 Å². The first-order valence-corrected chi connectivity index (χ1v) is 9.19. The molecule has 5 heteroatoms. The van der Waals surface area contributed by atoms with Gasteiger partial charge >= 0.3 is 0 Å². The molecule has 3 aromatic rings. The lowest BCUT2D eigenvalue weighted by atomic mass is 10.1. The second-order valence-electron chi connectivity index (χ2n) is 6.74. The summed E-state index contributed by atoms with van der Waals surface area (Å²) in [6.07, 6.45) is 5.85. The molecule has 1 fully saturated rings. The Bertz CT molecular complexity index is 796. The monoisotopic (exact) mass is 348 g/mol. The smallest absolute Gasteiger partial charge is 0.138 e. The van der Waals surface area contributed by atoms with E-state index in [0.29, 0.717) is 12.7 Å². The average Bonchev–Trinajstić information content (AvgIpc) is 3.23. The van der Waals surface area contributed by atoms with Gasteiger partial charge in [-0.05, 0) is 30.0 Å². The highest BCUT2D eigenvalue weighted by Crippen LogP contribution is 2.20. The minimum atomic E-state index is 0.358. The number of piperidine rings is 1. The Morgan fingerprint density at radius 1 is 0.962 bits per heavy atom. The SMILES string of the molecule is c1ccc(COC2CCN(Cc3ccccc3-n3cncn3)CC2)cc1. The molecule has 0 amide bonds. The molecule has 0 N–H and O–H groups in total. The fraction of sp³-hybridized carbons (Fsp3) is 0.333. The summed E-state index contributed by atoms with van der Waals surface area (Å²) in [4.78, 5) is 6.56. The number of aromatic nitrogens is 3. The van der Waals surface area contributed by atoms with Crippen LogP contribution >= 0.6 is 0 Å². The lowest BCUT2D eigenvalue weighted by Crippen LogP contribution is -2.36. The molecule has 5 nitrogen and oxygen atoms in total. The van der Waals surface area contributed by atoms with Crippen LogP contribution in [0.3, 0.4) is 0 Å². The van der Waals surface area contributed by atoms with Crippen LogP contribution in [0.2, 0.25) is 0 Å². The van der Waals surface area contributed by atoms with Crippen molar-refractivity contribution in [1.82, 2.24) is 19.7 Å². The van der Waals surface area contributed by atoms with Crippen molar-refractivity contribution in [3.05, 3.63) is 78.4 Å². The Kier molecular flexibility index (Phi) is 5.38. The van der Waals surface area contributed by atoms with Gasteiger partial charge in [-0.15, -0.1) is 0 Å². The lowest BCUT2D eigenvalue weighted by molar-refractivity contribution is -0.00394. The summed E-state index contributed by atoms with van der Waals surface area (Å²) < 4.78 is 7.94. The molecule has 1 aromatic heterocycles. The van der Waals surface area contributed by atoms with Gasteiger partial charge in [0.15, 0.2) is 0 Å². The first kappa shape index (κ1) is 16.9. The predicted molar refractivity (Wildman–Crippen MR) is 101 cm³/mol. The fourth-order valence-electron chi connectivity index (χ4n) is 3.46. The summed E-state index contributed by atoms with van der Waals surface area (Å²) in [5, 5.41) is 4.27. The molecule has 0 aliphatic carbocycles. The third kappa shape index (κ3) is 4.18. The van der Waals surface area contributed by atoms with Gasteiger partial charge in [-0.1, -0.05) is 48.5 Å². The number of ether oxygens (including phenoxy) is 1. The summed E-state index contributed by atoms with van der Waals surface area (Å²) in [6.45, 7) is 3.76. The molecule has 0 saturated carbocycles. The van der Waals surface area contributed by atoms with E-state index in [0.717, 1.165) is 38.2 Å². The molecule has 0 spiro atoms. The molecule has 0 radical (unpaired) electrons. The van der Waals surface area contributed by atoms with Gasteiger partial charge in [0, 0.05) is 19.6 Å². The first-order chi connectivity index (χ1) is 12.9. The first-order valence-electron chi connectivity index (χ1n) is 9.19. The quantitative estimate of drug-likeness (QED) is 0.684. The number of likely N-dealkylation sites (tertiary alicyclic amines) is 1. The number of hydrogen-bond donors (Lipinski definition) is 0. The number of nitrogens with zero attached hydrogens (tertiary/aromatic N) is 4. The van der Waals surface area contributed by atoms with Crippen molar-refractivity contribution in [2.75, 3.05) is 13.1 Å². The van der Waals surface area contributed by atoms with Gasteiger partial charge in [0.1, 0.15) is 12.7 Å². The topological polar surface area (TPSA) is 43.2 Å². The van der Waals surface area contributed by atoms with Crippen LogP contribution < -0.4 is 0 Å². The molecule has 1 aliphatic rings. The van der Waals surface area contributed by atoms with Crippen molar-refractivity contribution in [2.45, 2.75) is 32.1 Å². The molecule has 1 aliphatic heterocycles. The maximum atomic E-state index is 6.10. The standard InChI is InChI=1S/C21H24N4O/c1-2-6-18(7-3-1)15-26-20-10-12-24(13-11-20)14-19-8-4-5-9-21(19)25-17-22-16-23-25/h1-9,16-17,20H,10-15H2. The van der Waals surface area contributed by atoms with E-state index in [-0.39, 0.29) is 0 Å². The zero-order valence-corrected chi connectivity index (χ0v) is 14.9. The molecule has 0 unspecified atom stereocenters. The van der Waals surface area contributed by atoms with Crippen molar-refractivity contribution in [3.8, 4) is 5.69 Å². The van der Waals surface area contributed by atoms with Crippen LogP contribution in [-0.2, 0) is 17.9 Å². The molecule has 4 rings (SSSR count). The fourth-order valence-corrected chi connectivity index (χ4v) is 3.46. The van der Waals surface area contributed by atoms with E-state index in [1.165, 1.54) is 11.1 Å². The number of hydrogen-bond acceptors (Lipinski definition) is 4. The molecule has 26 heavy (non-hydrogen) atoms. The molecule has 0 bridgehead atoms. The molecule has 2 aromatic carbocycles. The zero-order chi connectivity index (χ0) is 17.6. The molecule has 134 valence electrons. The Morgan fingerprint density at radius 3 is 2.50 bits per heavy atom. The van der Waals surface area contributed by atoms with Crippen molar-refractivity contribution >= 4 is 0 Å². The Labute approximate surface area is 154 Å². The number of benzene rings is 2. The lowest BCUT2D eigenvalue weighted by Gasteiger charge is -2.32. The summed E-state index contributed by atoms with van der Waals surface area (Å²) in [5.41, 5.74) is 3.63. The van der Waals surface area contributed by atoms with Gasteiger partial charge in [0.05, 0.1) is 18.4 Å². The van der Waals surface area contributed by atoms with E-state index >= 15 is 0 Å². The largest absolute Gasteiger partial charge is 0.373 e. The Balaban J connectivity index is 1.31. The molecule has 1 saturated heterocycles. The third-order valence-corrected chi connectivity index (χ3v) is 4.91. The highest BCUT2D eigenvalue weighted by Gasteiger charge is 2.20. The van der Waals surface area contributed by atoms with Gasteiger partial charge in [-0.25, -0.2) is 9.67 Å². The van der Waals surface area contributed by atoms with Crippen molar-refractivity contribution < 1.29 is 4.74 Å². The second kappa shape index (κ2) is 8.25.